The van der Waals surface area contributed by atoms with Crippen LogP contribution in [-0.4, -0.2) is 12.6 Å². The smallest absolute Gasteiger partial charge is 0.166 e. The summed E-state index contributed by atoms with van der Waals surface area (Å²) in [5.74, 6) is 1.59. The van der Waals surface area contributed by atoms with Gasteiger partial charge in [-0.2, -0.15) is 0 Å². The SMILES string of the molecule is CCOc1cccc(CNC2CC2)c1OCc1ccccc1Cl.Cl. The zero-order valence-corrected chi connectivity index (χ0v) is 15.3. The van der Waals surface area contributed by atoms with Gasteiger partial charge in [0.2, 0.25) is 0 Å². The van der Waals surface area contributed by atoms with Gasteiger partial charge in [-0.3, -0.25) is 0 Å². The minimum Gasteiger partial charge on any atom is -0.490 e. The fraction of sp³-hybridized carbons (Fsp3) is 0.368. The zero-order chi connectivity index (χ0) is 16.1. The summed E-state index contributed by atoms with van der Waals surface area (Å²) in [5.41, 5.74) is 2.09. The Hall–Kier alpha value is -1.42. The van der Waals surface area contributed by atoms with E-state index in [9.17, 15) is 0 Å². The number of para-hydroxylation sites is 1. The van der Waals surface area contributed by atoms with Gasteiger partial charge in [-0.25, -0.2) is 0 Å². The van der Waals surface area contributed by atoms with Crippen molar-refractivity contribution in [3.8, 4) is 11.5 Å². The summed E-state index contributed by atoms with van der Waals surface area (Å²) in [6.45, 7) is 3.82. The second-order valence-corrected chi connectivity index (χ2v) is 6.12. The molecule has 3 rings (SSSR count). The molecule has 1 fully saturated rings. The van der Waals surface area contributed by atoms with Gasteiger partial charge in [0.25, 0.3) is 0 Å². The van der Waals surface area contributed by atoms with E-state index in [2.05, 4.69) is 11.4 Å². The van der Waals surface area contributed by atoms with E-state index < -0.39 is 0 Å². The van der Waals surface area contributed by atoms with Crippen molar-refractivity contribution in [3.05, 3.63) is 58.6 Å². The first kappa shape index (κ1) is 18.9. The maximum absolute atomic E-state index is 6.22. The molecule has 0 saturated heterocycles. The van der Waals surface area contributed by atoms with Crippen molar-refractivity contribution in [1.82, 2.24) is 5.32 Å². The van der Waals surface area contributed by atoms with Crippen molar-refractivity contribution in [2.75, 3.05) is 6.61 Å². The summed E-state index contributed by atoms with van der Waals surface area (Å²) in [5, 5.41) is 4.25. The minimum atomic E-state index is 0. The van der Waals surface area contributed by atoms with Crippen molar-refractivity contribution < 1.29 is 9.47 Å². The van der Waals surface area contributed by atoms with E-state index in [1.165, 1.54) is 12.8 Å². The van der Waals surface area contributed by atoms with Crippen molar-refractivity contribution in [2.45, 2.75) is 39.0 Å². The Kier molecular flexibility index (Phi) is 7.22. The zero-order valence-electron chi connectivity index (χ0n) is 13.8. The molecule has 130 valence electrons. The maximum Gasteiger partial charge on any atom is 0.166 e. The van der Waals surface area contributed by atoms with Crippen molar-refractivity contribution in [3.63, 3.8) is 0 Å². The monoisotopic (exact) mass is 367 g/mol. The Balaban J connectivity index is 0.00000208. The van der Waals surface area contributed by atoms with E-state index in [-0.39, 0.29) is 12.4 Å². The van der Waals surface area contributed by atoms with Gasteiger partial charge < -0.3 is 14.8 Å². The van der Waals surface area contributed by atoms with E-state index in [0.29, 0.717) is 19.3 Å². The molecule has 0 bridgehead atoms. The molecule has 3 nitrogen and oxygen atoms in total. The first-order chi connectivity index (χ1) is 11.3. The third-order valence-corrected chi connectivity index (χ3v) is 4.22. The molecular weight excluding hydrogens is 345 g/mol. The lowest BCUT2D eigenvalue weighted by Gasteiger charge is -2.17. The van der Waals surface area contributed by atoms with Crippen LogP contribution < -0.4 is 14.8 Å². The first-order valence-corrected chi connectivity index (χ1v) is 8.50. The Bertz CT molecular complexity index is 660. The van der Waals surface area contributed by atoms with Gasteiger partial charge in [0, 0.05) is 28.7 Å². The standard InChI is InChI=1S/C19H22ClNO2.ClH/c1-2-22-18-9-5-7-14(12-21-16-10-11-16)19(18)23-13-15-6-3-4-8-17(15)20;/h3-9,16,21H,2,10-13H2,1H3;1H. The molecule has 0 spiro atoms. The van der Waals surface area contributed by atoms with E-state index >= 15 is 0 Å². The van der Waals surface area contributed by atoms with E-state index in [1.807, 2.05) is 43.3 Å². The number of ether oxygens (including phenoxy) is 2. The number of hydrogen-bond donors (Lipinski definition) is 1. The Morgan fingerprint density at radius 3 is 2.50 bits per heavy atom. The molecular formula is C19H23Cl2NO2. The second-order valence-electron chi connectivity index (χ2n) is 5.71. The largest absolute Gasteiger partial charge is 0.490 e. The van der Waals surface area contributed by atoms with E-state index in [4.69, 9.17) is 21.1 Å². The lowest BCUT2D eigenvalue weighted by atomic mass is 10.1. The molecule has 0 radical (unpaired) electrons. The number of hydrogen-bond acceptors (Lipinski definition) is 3. The summed E-state index contributed by atoms with van der Waals surface area (Å²) >= 11 is 6.22. The molecule has 0 atom stereocenters. The van der Waals surface area contributed by atoms with Gasteiger partial charge in [-0.1, -0.05) is 41.9 Å². The molecule has 0 unspecified atom stereocenters. The number of nitrogens with one attached hydrogen (secondary N) is 1. The Morgan fingerprint density at radius 1 is 1.04 bits per heavy atom. The van der Waals surface area contributed by atoms with Gasteiger partial charge >= 0.3 is 0 Å². The molecule has 2 aromatic rings. The highest BCUT2D eigenvalue weighted by molar-refractivity contribution is 6.31. The predicted octanol–water partition coefficient (Wildman–Crippen LogP) is 4.99. The summed E-state index contributed by atoms with van der Waals surface area (Å²) < 4.78 is 11.8. The number of halogens is 2. The molecule has 5 heteroatoms. The highest BCUT2D eigenvalue weighted by atomic mass is 35.5. The van der Waals surface area contributed by atoms with Crippen molar-refractivity contribution >= 4 is 24.0 Å². The van der Waals surface area contributed by atoms with Crippen LogP contribution in [0.1, 0.15) is 30.9 Å². The van der Waals surface area contributed by atoms with Crippen molar-refractivity contribution in [2.24, 2.45) is 0 Å². The summed E-state index contributed by atoms with van der Waals surface area (Å²) in [7, 11) is 0. The Labute approximate surface area is 154 Å². The quantitative estimate of drug-likeness (QED) is 0.712. The molecule has 1 saturated carbocycles. The average molecular weight is 368 g/mol. The maximum atomic E-state index is 6.22. The molecule has 0 amide bonds. The van der Waals surface area contributed by atoms with Crippen LogP contribution >= 0.6 is 24.0 Å². The molecule has 1 aliphatic rings. The third kappa shape index (κ3) is 5.04. The molecule has 24 heavy (non-hydrogen) atoms. The second kappa shape index (κ2) is 9.16. The van der Waals surface area contributed by atoms with Crippen LogP contribution in [0.2, 0.25) is 5.02 Å². The van der Waals surface area contributed by atoms with Gasteiger partial charge in [0.05, 0.1) is 6.61 Å². The molecule has 1 N–H and O–H groups in total. The highest BCUT2D eigenvalue weighted by Gasteiger charge is 2.21. The van der Waals surface area contributed by atoms with Crippen molar-refractivity contribution in [1.29, 1.82) is 0 Å². The molecule has 0 heterocycles. The molecule has 2 aromatic carbocycles. The molecule has 1 aliphatic carbocycles. The van der Waals surface area contributed by atoms with Gasteiger partial charge in [0.1, 0.15) is 6.61 Å². The minimum absolute atomic E-state index is 0. The third-order valence-electron chi connectivity index (χ3n) is 3.85. The fourth-order valence-electron chi connectivity index (χ4n) is 2.44. The van der Waals surface area contributed by atoms with E-state index in [1.54, 1.807) is 0 Å². The van der Waals surface area contributed by atoms with Crippen LogP contribution in [0.3, 0.4) is 0 Å². The number of benzene rings is 2. The Morgan fingerprint density at radius 2 is 1.79 bits per heavy atom. The molecule has 0 aromatic heterocycles. The van der Waals surface area contributed by atoms with Gasteiger partial charge in [-0.15, -0.1) is 12.4 Å². The summed E-state index contributed by atoms with van der Waals surface area (Å²) in [4.78, 5) is 0. The normalized spacial score (nSPS) is 13.2. The van der Waals surface area contributed by atoms with Crippen LogP contribution in [0.4, 0.5) is 0 Å². The average Bonchev–Trinajstić information content (AvgIpc) is 3.38. The van der Waals surface area contributed by atoms with E-state index in [0.717, 1.165) is 34.2 Å². The summed E-state index contributed by atoms with van der Waals surface area (Å²) in [6.07, 6.45) is 2.53. The lowest BCUT2D eigenvalue weighted by molar-refractivity contribution is 0.266. The predicted molar refractivity (Wildman–Crippen MR) is 101 cm³/mol. The van der Waals surface area contributed by atoms with Crippen LogP contribution in [0.25, 0.3) is 0 Å². The highest BCUT2D eigenvalue weighted by Crippen LogP contribution is 2.33. The van der Waals surface area contributed by atoms with Crippen LogP contribution in [-0.2, 0) is 13.2 Å². The fourth-order valence-corrected chi connectivity index (χ4v) is 2.63. The lowest BCUT2D eigenvalue weighted by Crippen LogP contribution is -2.16. The van der Waals surface area contributed by atoms with Gasteiger partial charge in [0.15, 0.2) is 11.5 Å². The van der Waals surface area contributed by atoms with Crippen LogP contribution in [0.5, 0.6) is 11.5 Å². The number of rotatable bonds is 8. The van der Waals surface area contributed by atoms with Crippen LogP contribution in [0.15, 0.2) is 42.5 Å². The molecule has 0 aliphatic heterocycles. The summed E-state index contributed by atoms with van der Waals surface area (Å²) in [6, 6.07) is 14.4. The topological polar surface area (TPSA) is 30.5 Å². The first-order valence-electron chi connectivity index (χ1n) is 8.12. The van der Waals surface area contributed by atoms with Crippen LogP contribution in [0, 0.1) is 0 Å². The van der Waals surface area contributed by atoms with Gasteiger partial charge in [-0.05, 0) is 31.9 Å².